The molecule has 17 heavy (non-hydrogen) atoms. The molecule has 0 aliphatic heterocycles. The summed E-state index contributed by atoms with van der Waals surface area (Å²) in [5.74, 6) is -0.0866. The molecule has 0 spiro atoms. The molecular formula is C15H28O2. The van der Waals surface area contributed by atoms with E-state index in [0.717, 1.165) is 19.3 Å². The second kappa shape index (κ2) is 13.3. The maximum atomic E-state index is 10.8. The summed E-state index contributed by atoms with van der Waals surface area (Å²) in [6, 6.07) is 0. The van der Waals surface area contributed by atoms with Crippen LogP contribution in [-0.4, -0.2) is 13.1 Å². The monoisotopic (exact) mass is 240 g/mol. The molecule has 0 fully saturated rings. The minimum Gasteiger partial charge on any atom is -0.469 e. The normalized spacial score (nSPS) is 10.9. The van der Waals surface area contributed by atoms with Crippen molar-refractivity contribution in [2.75, 3.05) is 7.11 Å². The van der Waals surface area contributed by atoms with Gasteiger partial charge in [-0.15, -0.1) is 0 Å². The van der Waals surface area contributed by atoms with E-state index < -0.39 is 0 Å². The molecule has 0 amide bonds. The van der Waals surface area contributed by atoms with Gasteiger partial charge in [-0.3, -0.25) is 4.79 Å². The van der Waals surface area contributed by atoms with Crippen molar-refractivity contribution in [2.45, 2.75) is 71.1 Å². The Kier molecular flexibility index (Phi) is 12.7. The van der Waals surface area contributed by atoms with E-state index in [-0.39, 0.29) is 5.97 Å². The molecule has 2 nitrogen and oxygen atoms in total. The fraction of sp³-hybridized carbons (Fsp3) is 0.800. The van der Waals surface area contributed by atoms with Gasteiger partial charge in [-0.05, 0) is 32.1 Å². The minimum absolute atomic E-state index is 0.0866. The summed E-state index contributed by atoms with van der Waals surface area (Å²) in [5.41, 5.74) is 0. The predicted molar refractivity (Wildman–Crippen MR) is 73.0 cm³/mol. The molecule has 0 aromatic rings. The van der Waals surface area contributed by atoms with Crippen molar-refractivity contribution in [3.8, 4) is 0 Å². The average molecular weight is 240 g/mol. The standard InChI is InChI=1S/C15H28O2/c1-3-4-5-6-7-8-9-10-11-12-13-14-15(16)17-2/h8-9H,3-7,10-14H2,1-2H3/b9-8-. The van der Waals surface area contributed by atoms with E-state index in [4.69, 9.17) is 0 Å². The minimum atomic E-state index is -0.0866. The third kappa shape index (κ3) is 13.1. The zero-order valence-electron chi connectivity index (χ0n) is 11.5. The van der Waals surface area contributed by atoms with Crippen molar-refractivity contribution < 1.29 is 9.53 Å². The topological polar surface area (TPSA) is 26.3 Å². The Bertz CT molecular complexity index is 197. The molecule has 0 unspecified atom stereocenters. The smallest absolute Gasteiger partial charge is 0.305 e. The van der Waals surface area contributed by atoms with E-state index in [2.05, 4.69) is 23.8 Å². The van der Waals surface area contributed by atoms with Crippen LogP contribution in [0.15, 0.2) is 12.2 Å². The number of esters is 1. The lowest BCUT2D eigenvalue weighted by molar-refractivity contribution is -0.140. The van der Waals surface area contributed by atoms with E-state index in [0.29, 0.717) is 6.42 Å². The van der Waals surface area contributed by atoms with E-state index in [9.17, 15) is 4.79 Å². The summed E-state index contributed by atoms with van der Waals surface area (Å²) >= 11 is 0. The van der Waals surface area contributed by atoms with Crippen LogP contribution >= 0.6 is 0 Å². The molecule has 0 rings (SSSR count). The van der Waals surface area contributed by atoms with Gasteiger partial charge in [-0.2, -0.15) is 0 Å². The summed E-state index contributed by atoms with van der Waals surface area (Å²) in [6.45, 7) is 2.24. The Labute approximate surface area is 106 Å². The zero-order chi connectivity index (χ0) is 12.8. The van der Waals surface area contributed by atoms with Gasteiger partial charge in [-0.25, -0.2) is 0 Å². The second-order valence-corrected chi connectivity index (χ2v) is 4.50. The third-order valence-corrected chi connectivity index (χ3v) is 2.87. The molecule has 0 aromatic heterocycles. The lowest BCUT2D eigenvalue weighted by Crippen LogP contribution is -1.98. The van der Waals surface area contributed by atoms with Crippen LogP contribution < -0.4 is 0 Å². The van der Waals surface area contributed by atoms with Crippen LogP contribution in [0.2, 0.25) is 0 Å². The Morgan fingerprint density at radius 3 is 2.06 bits per heavy atom. The van der Waals surface area contributed by atoms with Gasteiger partial charge in [0.2, 0.25) is 0 Å². The lowest BCUT2D eigenvalue weighted by Gasteiger charge is -1.98. The molecule has 0 aliphatic carbocycles. The van der Waals surface area contributed by atoms with E-state index in [1.807, 2.05) is 0 Å². The highest BCUT2D eigenvalue weighted by atomic mass is 16.5. The fourth-order valence-electron chi connectivity index (χ4n) is 1.74. The van der Waals surface area contributed by atoms with Crippen molar-refractivity contribution in [1.82, 2.24) is 0 Å². The number of hydrogen-bond donors (Lipinski definition) is 0. The number of rotatable bonds is 11. The van der Waals surface area contributed by atoms with Gasteiger partial charge in [0.1, 0.15) is 0 Å². The SMILES string of the molecule is CCCCCC/C=C\CCCCCC(=O)OC. The molecular weight excluding hydrogens is 212 g/mol. The molecule has 2 heteroatoms. The number of ether oxygens (including phenoxy) is 1. The van der Waals surface area contributed by atoms with Crippen LogP contribution in [0.3, 0.4) is 0 Å². The van der Waals surface area contributed by atoms with Gasteiger partial charge < -0.3 is 4.74 Å². The van der Waals surface area contributed by atoms with E-state index >= 15 is 0 Å². The Hall–Kier alpha value is -0.790. The summed E-state index contributed by atoms with van der Waals surface area (Å²) < 4.78 is 4.59. The van der Waals surface area contributed by atoms with Crippen molar-refractivity contribution in [3.63, 3.8) is 0 Å². The number of methoxy groups -OCH3 is 1. The van der Waals surface area contributed by atoms with Gasteiger partial charge in [0, 0.05) is 6.42 Å². The summed E-state index contributed by atoms with van der Waals surface area (Å²) in [5, 5.41) is 0. The van der Waals surface area contributed by atoms with Crippen molar-refractivity contribution in [3.05, 3.63) is 12.2 Å². The maximum Gasteiger partial charge on any atom is 0.305 e. The van der Waals surface area contributed by atoms with Crippen molar-refractivity contribution >= 4 is 5.97 Å². The van der Waals surface area contributed by atoms with Gasteiger partial charge in [0.25, 0.3) is 0 Å². The molecule has 0 bridgehead atoms. The van der Waals surface area contributed by atoms with Gasteiger partial charge in [0.05, 0.1) is 7.11 Å². The predicted octanol–water partition coefficient (Wildman–Crippen LogP) is 4.64. The molecule has 0 aromatic carbocycles. The van der Waals surface area contributed by atoms with Crippen LogP contribution in [0.25, 0.3) is 0 Å². The maximum absolute atomic E-state index is 10.8. The highest BCUT2D eigenvalue weighted by Gasteiger charge is 1.97. The largest absolute Gasteiger partial charge is 0.469 e. The van der Waals surface area contributed by atoms with Gasteiger partial charge in [-0.1, -0.05) is 44.8 Å². The van der Waals surface area contributed by atoms with Crippen molar-refractivity contribution in [1.29, 1.82) is 0 Å². The third-order valence-electron chi connectivity index (χ3n) is 2.87. The van der Waals surface area contributed by atoms with Gasteiger partial charge >= 0.3 is 5.97 Å². The fourth-order valence-corrected chi connectivity index (χ4v) is 1.74. The number of carbonyl (C=O) groups is 1. The number of unbranched alkanes of at least 4 members (excludes halogenated alkanes) is 7. The van der Waals surface area contributed by atoms with Crippen LogP contribution in [0, 0.1) is 0 Å². The highest BCUT2D eigenvalue weighted by molar-refractivity contribution is 5.68. The number of allylic oxidation sites excluding steroid dienone is 2. The molecule has 100 valence electrons. The average Bonchev–Trinajstić information content (AvgIpc) is 2.35. The van der Waals surface area contributed by atoms with Gasteiger partial charge in [0.15, 0.2) is 0 Å². The van der Waals surface area contributed by atoms with Crippen LogP contribution in [-0.2, 0) is 9.53 Å². The highest BCUT2D eigenvalue weighted by Crippen LogP contribution is 2.06. The quantitative estimate of drug-likeness (QED) is 0.299. The Morgan fingerprint density at radius 1 is 0.941 bits per heavy atom. The number of hydrogen-bond acceptors (Lipinski definition) is 2. The van der Waals surface area contributed by atoms with Crippen molar-refractivity contribution in [2.24, 2.45) is 0 Å². The molecule has 0 heterocycles. The molecule has 0 saturated carbocycles. The van der Waals surface area contributed by atoms with E-state index in [1.165, 1.54) is 45.6 Å². The Balaban J connectivity index is 3.11. The molecule has 0 N–H and O–H groups in total. The van der Waals surface area contributed by atoms with Crippen LogP contribution in [0.1, 0.15) is 71.1 Å². The first-order valence-electron chi connectivity index (χ1n) is 7.03. The first kappa shape index (κ1) is 16.2. The van der Waals surface area contributed by atoms with E-state index in [1.54, 1.807) is 0 Å². The molecule has 0 radical (unpaired) electrons. The molecule has 0 saturated heterocycles. The molecule has 0 atom stereocenters. The Morgan fingerprint density at radius 2 is 1.53 bits per heavy atom. The summed E-state index contributed by atoms with van der Waals surface area (Å²) in [6.07, 6.45) is 16.1. The summed E-state index contributed by atoms with van der Waals surface area (Å²) in [4.78, 5) is 10.8. The lowest BCUT2D eigenvalue weighted by atomic mass is 10.1. The zero-order valence-corrected chi connectivity index (χ0v) is 11.5. The second-order valence-electron chi connectivity index (χ2n) is 4.50. The summed E-state index contributed by atoms with van der Waals surface area (Å²) in [7, 11) is 1.45. The van der Waals surface area contributed by atoms with Crippen LogP contribution in [0.5, 0.6) is 0 Å². The number of carbonyl (C=O) groups excluding carboxylic acids is 1. The first-order valence-corrected chi connectivity index (χ1v) is 7.03. The first-order chi connectivity index (χ1) is 8.31. The molecule has 0 aliphatic rings. The van der Waals surface area contributed by atoms with Crippen LogP contribution in [0.4, 0.5) is 0 Å².